The fourth-order valence-corrected chi connectivity index (χ4v) is 2.98. The molecule has 0 atom stereocenters. The van der Waals surface area contributed by atoms with Crippen molar-refractivity contribution in [1.82, 2.24) is 4.98 Å². The van der Waals surface area contributed by atoms with Gasteiger partial charge in [0.05, 0.1) is 0 Å². The minimum absolute atomic E-state index is 0.178. The number of ether oxygens (including phenoxy) is 2. The second kappa shape index (κ2) is 9.01. The van der Waals surface area contributed by atoms with Gasteiger partial charge in [0.1, 0.15) is 19.0 Å². The number of aryl methyl sites for hydroxylation is 1. The van der Waals surface area contributed by atoms with Crippen LogP contribution in [0.5, 0.6) is 5.75 Å². The first-order valence-electron chi connectivity index (χ1n) is 8.31. The van der Waals surface area contributed by atoms with Crippen LogP contribution in [-0.2, 0) is 11.3 Å². The Morgan fingerprint density at radius 3 is 2.65 bits per heavy atom. The van der Waals surface area contributed by atoms with Crippen LogP contribution in [0.15, 0.2) is 60.0 Å². The number of benzene rings is 2. The van der Waals surface area contributed by atoms with E-state index >= 15 is 0 Å². The van der Waals surface area contributed by atoms with Crippen LogP contribution < -0.4 is 10.1 Å². The molecule has 1 aromatic heterocycles. The number of anilines is 1. The van der Waals surface area contributed by atoms with Crippen LogP contribution in [-0.4, -0.2) is 24.2 Å². The minimum Gasteiger partial charge on any atom is -0.490 e. The molecular weight excluding hydrogens is 348 g/mol. The first-order valence-corrected chi connectivity index (χ1v) is 9.19. The number of aromatic nitrogens is 1. The lowest BCUT2D eigenvalue weighted by molar-refractivity contribution is 0.0444. The summed E-state index contributed by atoms with van der Waals surface area (Å²) in [7, 11) is 0. The molecule has 1 heterocycles. The largest absolute Gasteiger partial charge is 0.490 e. The van der Waals surface area contributed by atoms with Gasteiger partial charge in [0.15, 0.2) is 10.8 Å². The van der Waals surface area contributed by atoms with Gasteiger partial charge in [-0.25, -0.2) is 9.78 Å². The van der Waals surface area contributed by atoms with Gasteiger partial charge in [-0.05, 0) is 24.1 Å². The number of esters is 1. The van der Waals surface area contributed by atoms with Gasteiger partial charge in [-0.15, -0.1) is 11.3 Å². The molecule has 6 heteroatoms. The minimum atomic E-state index is -0.442. The third-order valence-corrected chi connectivity index (χ3v) is 4.47. The molecule has 0 fully saturated rings. The smallest absolute Gasteiger partial charge is 0.358 e. The Hall–Kier alpha value is -2.86. The SMILES string of the molecule is Cc1ccccc1OCCOC(=O)c1csc(NCc2ccccc2)n1. The van der Waals surface area contributed by atoms with E-state index in [0.29, 0.717) is 24.0 Å². The Bertz CT molecular complexity index is 849. The Labute approximate surface area is 156 Å². The predicted molar refractivity (Wildman–Crippen MR) is 103 cm³/mol. The summed E-state index contributed by atoms with van der Waals surface area (Å²) in [5.74, 6) is 0.354. The number of thiazole rings is 1. The van der Waals surface area contributed by atoms with Crippen molar-refractivity contribution >= 4 is 22.4 Å². The fraction of sp³-hybridized carbons (Fsp3) is 0.200. The van der Waals surface area contributed by atoms with Crippen LogP contribution in [0.25, 0.3) is 0 Å². The topological polar surface area (TPSA) is 60.5 Å². The summed E-state index contributed by atoms with van der Waals surface area (Å²) in [6, 6.07) is 17.7. The Morgan fingerprint density at radius 2 is 1.85 bits per heavy atom. The molecule has 0 aliphatic heterocycles. The molecule has 26 heavy (non-hydrogen) atoms. The normalized spacial score (nSPS) is 10.3. The Kier molecular flexibility index (Phi) is 6.22. The van der Waals surface area contributed by atoms with Gasteiger partial charge in [-0.1, -0.05) is 48.5 Å². The van der Waals surface area contributed by atoms with Gasteiger partial charge >= 0.3 is 5.97 Å². The Morgan fingerprint density at radius 1 is 1.08 bits per heavy atom. The van der Waals surface area contributed by atoms with Crippen molar-refractivity contribution in [3.63, 3.8) is 0 Å². The average molecular weight is 368 g/mol. The highest BCUT2D eigenvalue weighted by atomic mass is 32.1. The third-order valence-electron chi connectivity index (χ3n) is 3.67. The summed E-state index contributed by atoms with van der Waals surface area (Å²) < 4.78 is 10.8. The highest BCUT2D eigenvalue weighted by molar-refractivity contribution is 7.13. The van der Waals surface area contributed by atoms with E-state index in [1.807, 2.05) is 61.5 Å². The van der Waals surface area contributed by atoms with E-state index in [1.165, 1.54) is 11.3 Å². The summed E-state index contributed by atoms with van der Waals surface area (Å²) in [6.45, 7) is 3.12. The summed E-state index contributed by atoms with van der Waals surface area (Å²) in [5, 5.41) is 5.59. The van der Waals surface area contributed by atoms with Crippen molar-refractivity contribution in [1.29, 1.82) is 0 Å². The molecule has 0 saturated carbocycles. The highest BCUT2D eigenvalue weighted by Crippen LogP contribution is 2.18. The first-order chi connectivity index (χ1) is 12.7. The molecule has 3 rings (SSSR count). The van der Waals surface area contributed by atoms with Crippen molar-refractivity contribution in [3.05, 3.63) is 76.8 Å². The number of carbonyl (C=O) groups excluding carboxylic acids is 1. The Balaban J connectivity index is 1.42. The summed E-state index contributed by atoms with van der Waals surface area (Å²) in [6.07, 6.45) is 0. The lowest BCUT2D eigenvalue weighted by Gasteiger charge is -2.08. The number of para-hydroxylation sites is 1. The summed E-state index contributed by atoms with van der Waals surface area (Å²) in [4.78, 5) is 16.3. The number of carbonyl (C=O) groups is 1. The van der Waals surface area contributed by atoms with Crippen LogP contribution in [0.1, 0.15) is 21.6 Å². The zero-order chi connectivity index (χ0) is 18.2. The van der Waals surface area contributed by atoms with E-state index in [2.05, 4.69) is 10.3 Å². The quantitative estimate of drug-likeness (QED) is 0.474. The van der Waals surface area contributed by atoms with Gasteiger partial charge in [0, 0.05) is 11.9 Å². The number of hydrogen-bond acceptors (Lipinski definition) is 6. The van der Waals surface area contributed by atoms with Crippen LogP contribution in [0, 0.1) is 6.92 Å². The molecule has 5 nitrogen and oxygen atoms in total. The number of hydrogen-bond donors (Lipinski definition) is 1. The number of nitrogens with one attached hydrogen (secondary N) is 1. The van der Waals surface area contributed by atoms with Crippen LogP contribution in [0.4, 0.5) is 5.13 Å². The number of nitrogens with zero attached hydrogens (tertiary/aromatic N) is 1. The van der Waals surface area contributed by atoms with Crippen molar-refractivity contribution in [2.45, 2.75) is 13.5 Å². The second-order valence-corrected chi connectivity index (χ2v) is 6.49. The second-order valence-electron chi connectivity index (χ2n) is 5.63. The monoisotopic (exact) mass is 368 g/mol. The van der Waals surface area contributed by atoms with Gasteiger partial charge < -0.3 is 14.8 Å². The summed E-state index contributed by atoms with van der Waals surface area (Å²) in [5.41, 5.74) is 2.51. The van der Waals surface area contributed by atoms with Crippen LogP contribution in [0.3, 0.4) is 0 Å². The van der Waals surface area contributed by atoms with E-state index < -0.39 is 5.97 Å². The molecule has 3 aromatic rings. The molecule has 1 N–H and O–H groups in total. The zero-order valence-corrected chi connectivity index (χ0v) is 15.3. The van der Waals surface area contributed by atoms with Gasteiger partial charge in [-0.2, -0.15) is 0 Å². The van der Waals surface area contributed by atoms with E-state index in [4.69, 9.17) is 9.47 Å². The van der Waals surface area contributed by atoms with Crippen molar-refractivity contribution in [2.75, 3.05) is 18.5 Å². The summed E-state index contributed by atoms with van der Waals surface area (Å²) >= 11 is 1.38. The van der Waals surface area contributed by atoms with E-state index in [0.717, 1.165) is 16.9 Å². The fourth-order valence-electron chi connectivity index (χ4n) is 2.30. The molecule has 0 bridgehead atoms. The molecule has 134 valence electrons. The maximum absolute atomic E-state index is 12.0. The molecule has 0 radical (unpaired) electrons. The average Bonchev–Trinajstić information content (AvgIpc) is 3.15. The molecule has 0 unspecified atom stereocenters. The molecule has 0 amide bonds. The third kappa shape index (κ3) is 5.07. The van der Waals surface area contributed by atoms with Gasteiger partial charge in [0.25, 0.3) is 0 Å². The predicted octanol–water partition coefficient (Wildman–Crippen LogP) is 4.30. The van der Waals surface area contributed by atoms with E-state index in [-0.39, 0.29) is 6.61 Å². The molecule has 0 aliphatic rings. The molecule has 0 saturated heterocycles. The number of rotatable bonds is 8. The lowest BCUT2D eigenvalue weighted by Crippen LogP contribution is -2.13. The molecule has 0 spiro atoms. The van der Waals surface area contributed by atoms with Crippen LogP contribution >= 0.6 is 11.3 Å². The maximum Gasteiger partial charge on any atom is 0.358 e. The van der Waals surface area contributed by atoms with Crippen molar-refractivity contribution in [2.24, 2.45) is 0 Å². The van der Waals surface area contributed by atoms with E-state index in [1.54, 1.807) is 5.38 Å². The standard InChI is InChI=1S/C20H20N2O3S/c1-15-7-5-6-10-18(15)24-11-12-25-19(23)17-14-26-20(22-17)21-13-16-8-3-2-4-9-16/h2-10,14H,11-13H2,1H3,(H,21,22). The maximum atomic E-state index is 12.0. The molecular formula is C20H20N2O3S. The van der Waals surface area contributed by atoms with Gasteiger partial charge in [-0.3, -0.25) is 0 Å². The van der Waals surface area contributed by atoms with Crippen LogP contribution in [0.2, 0.25) is 0 Å². The molecule has 0 aliphatic carbocycles. The van der Waals surface area contributed by atoms with E-state index in [9.17, 15) is 4.79 Å². The molecule has 2 aromatic carbocycles. The van der Waals surface area contributed by atoms with Crippen molar-refractivity contribution < 1.29 is 14.3 Å². The lowest BCUT2D eigenvalue weighted by atomic mass is 10.2. The first kappa shape index (κ1) is 17.9. The van der Waals surface area contributed by atoms with Crippen molar-refractivity contribution in [3.8, 4) is 5.75 Å². The highest BCUT2D eigenvalue weighted by Gasteiger charge is 2.12. The van der Waals surface area contributed by atoms with Gasteiger partial charge in [0.2, 0.25) is 0 Å². The zero-order valence-electron chi connectivity index (χ0n) is 14.5.